The normalized spacial score (nSPS) is 33.0. The fourth-order valence-corrected chi connectivity index (χ4v) is 2.36. The lowest BCUT2D eigenvalue weighted by Crippen LogP contribution is -2.49. The average molecular weight is 230 g/mol. The Balaban J connectivity index is 2.51. The molecule has 3 nitrogen and oxygen atoms in total. The van der Waals surface area contributed by atoms with E-state index in [1.165, 1.54) is 0 Å². The molecular formula is C13H26O3. The van der Waals surface area contributed by atoms with Crippen LogP contribution < -0.4 is 0 Å². The maximum absolute atomic E-state index is 10.2. The highest BCUT2D eigenvalue weighted by Gasteiger charge is 2.40. The Morgan fingerprint density at radius 3 is 2.31 bits per heavy atom. The molecule has 0 aliphatic heterocycles. The molecule has 0 radical (unpaired) electrons. The summed E-state index contributed by atoms with van der Waals surface area (Å²) in [6, 6.07) is 0. The summed E-state index contributed by atoms with van der Waals surface area (Å²) in [6.07, 6.45) is 3.79. The van der Waals surface area contributed by atoms with Gasteiger partial charge in [0.05, 0.1) is 18.3 Å². The van der Waals surface area contributed by atoms with Gasteiger partial charge in [0.15, 0.2) is 0 Å². The topological polar surface area (TPSA) is 38.7 Å². The summed E-state index contributed by atoms with van der Waals surface area (Å²) in [7, 11) is 1.70. The molecule has 1 atom stereocenters. The minimum Gasteiger partial charge on any atom is -0.388 e. The zero-order chi connectivity index (χ0) is 12.2. The van der Waals surface area contributed by atoms with Gasteiger partial charge in [-0.15, -0.1) is 0 Å². The molecule has 0 aromatic carbocycles. The van der Waals surface area contributed by atoms with E-state index < -0.39 is 6.10 Å². The van der Waals surface area contributed by atoms with Crippen molar-refractivity contribution >= 4 is 0 Å². The van der Waals surface area contributed by atoms with Crippen LogP contribution in [-0.4, -0.2) is 36.6 Å². The van der Waals surface area contributed by atoms with Gasteiger partial charge in [0.1, 0.15) is 6.10 Å². The highest BCUT2D eigenvalue weighted by molar-refractivity contribution is 4.92. The Bertz CT molecular complexity index is 195. The third-order valence-electron chi connectivity index (χ3n) is 3.72. The van der Waals surface area contributed by atoms with Gasteiger partial charge in [0.2, 0.25) is 0 Å². The molecule has 0 amide bonds. The fraction of sp³-hybridized carbons (Fsp3) is 1.00. The van der Waals surface area contributed by atoms with Gasteiger partial charge in [-0.25, -0.2) is 0 Å². The number of aliphatic hydroxyl groups excluding tert-OH is 1. The first-order valence-corrected chi connectivity index (χ1v) is 6.35. The number of rotatable bonds is 5. The first-order valence-electron chi connectivity index (χ1n) is 6.35. The van der Waals surface area contributed by atoms with Crippen molar-refractivity contribution in [1.82, 2.24) is 0 Å². The largest absolute Gasteiger partial charge is 0.388 e. The predicted molar refractivity (Wildman–Crippen MR) is 64.5 cm³/mol. The lowest BCUT2D eigenvalue weighted by atomic mass is 9.76. The van der Waals surface area contributed by atoms with E-state index in [1.54, 1.807) is 7.11 Å². The van der Waals surface area contributed by atoms with Gasteiger partial charge >= 0.3 is 0 Å². The van der Waals surface area contributed by atoms with E-state index in [2.05, 4.69) is 6.92 Å². The molecule has 0 heterocycles. The standard InChI is InChI=1S/C13H26O3/c1-10(2)16-9-12(14)13(15-4)7-5-11(3)6-8-13/h10-12,14H,5-9H2,1-4H3. The summed E-state index contributed by atoms with van der Waals surface area (Å²) in [5, 5.41) is 10.2. The first kappa shape index (κ1) is 13.9. The first-order chi connectivity index (χ1) is 7.50. The molecule has 1 unspecified atom stereocenters. The van der Waals surface area contributed by atoms with Crippen LogP contribution in [0.3, 0.4) is 0 Å². The van der Waals surface area contributed by atoms with Crippen LogP contribution >= 0.6 is 0 Å². The number of methoxy groups -OCH3 is 1. The molecule has 96 valence electrons. The van der Waals surface area contributed by atoms with Gasteiger partial charge in [-0.1, -0.05) is 6.92 Å². The fourth-order valence-electron chi connectivity index (χ4n) is 2.36. The Hall–Kier alpha value is -0.120. The van der Waals surface area contributed by atoms with Gasteiger partial charge in [-0.2, -0.15) is 0 Å². The van der Waals surface area contributed by atoms with E-state index in [-0.39, 0.29) is 11.7 Å². The molecule has 0 aromatic rings. The van der Waals surface area contributed by atoms with Gasteiger partial charge in [-0.05, 0) is 45.4 Å². The molecule has 3 heteroatoms. The predicted octanol–water partition coefficient (Wildman–Crippen LogP) is 2.37. The smallest absolute Gasteiger partial charge is 0.106 e. The van der Waals surface area contributed by atoms with Crippen LogP contribution in [0.15, 0.2) is 0 Å². The van der Waals surface area contributed by atoms with Crippen molar-refractivity contribution in [2.24, 2.45) is 5.92 Å². The van der Waals surface area contributed by atoms with Crippen molar-refractivity contribution < 1.29 is 14.6 Å². The van der Waals surface area contributed by atoms with Gasteiger partial charge in [-0.3, -0.25) is 0 Å². The molecule has 1 aliphatic rings. The maximum atomic E-state index is 10.2. The quantitative estimate of drug-likeness (QED) is 0.788. The number of hydrogen-bond acceptors (Lipinski definition) is 3. The van der Waals surface area contributed by atoms with E-state index in [1.807, 2.05) is 13.8 Å². The summed E-state index contributed by atoms with van der Waals surface area (Å²) in [4.78, 5) is 0. The second kappa shape index (κ2) is 5.99. The second-order valence-electron chi connectivity index (χ2n) is 5.35. The molecule has 1 N–H and O–H groups in total. The van der Waals surface area contributed by atoms with Crippen LogP contribution in [0.4, 0.5) is 0 Å². The molecule has 1 fully saturated rings. The molecule has 16 heavy (non-hydrogen) atoms. The molecule has 0 saturated heterocycles. The zero-order valence-electron chi connectivity index (χ0n) is 11.0. The van der Waals surface area contributed by atoms with Gasteiger partial charge < -0.3 is 14.6 Å². The van der Waals surface area contributed by atoms with Crippen LogP contribution in [0.2, 0.25) is 0 Å². The molecule has 1 saturated carbocycles. The van der Waals surface area contributed by atoms with E-state index in [0.29, 0.717) is 6.61 Å². The summed E-state index contributed by atoms with van der Waals surface area (Å²) >= 11 is 0. The Labute approximate surface area is 99.1 Å². The van der Waals surface area contributed by atoms with Crippen LogP contribution in [0, 0.1) is 5.92 Å². The van der Waals surface area contributed by atoms with Crippen LogP contribution in [0.25, 0.3) is 0 Å². The lowest BCUT2D eigenvalue weighted by molar-refractivity contribution is -0.152. The third kappa shape index (κ3) is 3.44. The zero-order valence-corrected chi connectivity index (χ0v) is 11.0. The second-order valence-corrected chi connectivity index (χ2v) is 5.35. The number of ether oxygens (including phenoxy) is 2. The average Bonchev–Trinajstić information content (AvgIpc) is 2.27. The van der Waals surface area contributed by atoms with E-state index in [4.69, 9.17) is 9.47 Å². The van der Waals surface area contributed by atoms with Crippen molar-refractivity contribution in [3.05, 3.63) is 0 Å². The van der Waals surface area contributed by atoms with Crippen LogP contribution in [0.1, 0.15) is 46.5 Å². The molecule has 1 rings (SSSR count). The lowest BCUT2D eigenvalue weighted by Gasteiger charge is -2.41. The van der Waals surface area contributed by atoms with Crippen molar-refractivity contribution in [2.45, 2.75) is 64.3 Å². The Morgan fingerprint density at radius 2 is 1.88 bits per heavy atom. The molecule has 1 aliphatic carbocycles. The summed E-state index contributed by atoms with van der Waals surface area (Å²) in [5.74, 6) is 0.751. The molecule has 0 spiro atoms. The van der Waals surface area contributed by atoms with Crippen molar-refractivity contribution in [2.75, 3.05) is 13.7 Å². The van der Waals surface area contributed by atoms with Crippen molar-refractivity contribution in [1.29, 1.82) is 0 Å². The Morgan fingerprint density at radius 1 is 1.31 bits per heavy atom. The number of aliphatic hydroxyl groups is 1. The summed E-state index contributed by atoms with van der Waals surface area (Å²) < 4.78 is 11.1. The van der Waals surface area contributed by atoms with Crippen molar-refractivity contribution in [3.8, 4) is 0 Å². The van der Waals surface area contributed by atoms with E-state index in [9.17, 15) is 5.11 Å². The highest BCUT2D eigenvalue weighted by Crippen LogP contribution is 2.36. The van der Waals surface area contributed by atoms with Gasteiger partial charge in [0.25, 0.3) is 0 Å². The van der Waals surface area contributed by atoms with E-state index >= 15 is 0 Å². The van der Waals surface area contributed by atoms with Crippen LogP contribution in [0.5, 0.6) is 0 Å². The highest BCUT2D eigenvalue weighted by atomic mass is 16.5. The van der Waals surface area contributed by atoms with Crippen LogP contribution in [-0.2, 0) is 9.47 Å². The van der Waals surface area contributed by atoms with Gasteiger partial charge in [0, 0.05) is 7.11 Å². The summed E-state index contributed by atoms with van der Waals surface area (Å²) in [6.45, 7) is 6.60. The van der Waals surface area contributed by atoms with E-state index in [0.717, 1.165) is 31.6 Å². The third-order valence-corrected chi connectivity index (χ3v) is 3.72. The minimum absolute atomic E-state index is 0.158. The monoisotopic (exact) mass is 230 g/mol. The Kier molecular flexibility index (Phi) is 5.22. The SMILES string of the molecule is COC1(C(O)COC(C)C)CCC(C)CC1. The molecule has 0 bridgehead atoms. The molecular weight excluding hydrogens is 204 g/mol. The minimum atomic E-state index is -0.507. The maximum Gasteiger partial charge on any atom is 0.106 e. The summed E-state index contributed by atoms with van der Waals surface area (Å²) in [5.41, 5.74) is -0.374. The number of hydrogen-bond donors (Lipinski definition) is 1. The van der Waals surface area contributed by atoms with Crippen molar-refractivity contribution in [3.63, 3.8) is 0 Å². The molecule has 0 aromatic heterocycles.